The van der Waals surface area contributed by atoms with Gasteiger partial charge in [-0.25, -0.2) is 4.98 Å². The molecule has 4 rings (SSSR count). The average Bonchev–Trinajstić information content (AvgIpc) is 2.80. The highest BCUT2D eigenvalue weighted by atomic mass is 16.5. The molecule has 0 radical (unpaired) electrons. The van der Waals surface area contributed by atoms with Gasteiger partial charge in [0.15, 0.2) is 5.60 Å². The number of carbonyl (C=O) groups excluding carboxylic acids is 1. The molecule has 0 saturated carbocycles. The minimum Gasteiger partial charge on any atom is -0.437 e. The van der Waals surface area contributed by atoms with Crippen LogP contribution >= 0.6 is 0 Å². The summed E-state index contributed by atoms with van der Waals surface area (Å²) in [6, 6.07) is 17.0. The first kappa shape index (κ1) is 20.0. The average molecular weight is 405 g/mol. The molecule has 0 bridgehead atoms. The molecule has 1 N–H and O–H groups in total. The summed E-state index contributed by atoms with van der Waals surface area (Å²) >= 11 is 0. The number of rotatable bonds is 7. The number of amides is 1. The van der Waals surface area contributed by atoms with Crippen molar-refractivity contribution in [2.45, 2.75) is 25.0 Å². The highest BCUT2D eigenvalue weighted by Crippen LogP contribution is 2.29. The number of anilines is 1. The molecule has 3 aromatic rings. The fourth-order valence-corrected chi connectivity index (χ4v) is 3.28. The van der Waals surface area contributed by atoms with Crippen molar-refractivity contribution in [1.29, 1.82) is 0 Å². The van der Waals surface area contributed by atoms with Crippen LogP contribution in [-0.4, -0.2) is 34.7 Å². The van der Waals surface area contributed by atoms with Crippen LogP contribution in [0.2, 0.25) is 0 Å². The number of nitrogens with zero attached hydrogens (tertiary/aromatic N) is 2. The molecular weight excluding hydrogens is 382 g/mol. The number of nitrogens with one attached hydrogen (secondary N) is 1. The predicted molar refractivity (Wildman–Crippen MR) is 111 cm³/mol. The zero-order valence-electron chi connectivity index (χ0n) is 16.5. The zero-order chi connectivity index (χ0) is 20.7. The van der Waals surface area contributed by atoms with Crippen LogP contribution in [0, 0.1) is 0 Å². The van der Waals surface area contributed by atoms with Gasteiger partial charge in [-0.2, -0.15) is 0 Å². The van der Waals surface area contributed by atoms with E-state index in [9.17, 15) is 4.79 Å². The van der Waals surface area contributed by atoms with Crippen molar-refractivity contribution in [3.05, 3.63) is 78.8 Å². The van der Waals surface area contributed by atoms with Gasteiger partial charge in [-0.15, -0.1) is 0 Å². The molecule has 154 valence electrons. The maximum Gasteiger partial charge on any atom is 0.256 e. The maximum absolute atomic E-state index is 13.2. The summed E-state index contributed by atoms with van der Waals surface area (Å²) in [5.41, 5.74) is 0.710. The molecule has 0 atom stereocenters. The third-order valence-corrected chi connectivity index (χ3v) is 4.93. The second kappa shape index (κ2) is 9.47. The second-order valence-electron chi connectivity index (χ2n) is 7.01. The van der Waals surface area contributed by atoms with Crippen LogP contribution in [0.1, 0.15) is 18.4 Å². The van der Waals surface area contributed by atoms with E-state index in [4.69, 9.17) is 14.2 Å². The monoisotopic (exact) mass is 405 g/mol. The Morgan fingerprint density at radius 2 is 1.90 bits per heavy atom. The molecule has 1 aliphatic rings. The van der Waals surface area contributed by atoms with Crippen LogP contribution in [0.5, 0.6) is 11.6 Å². The van der Waals surface area contributed by atoms with E-state index in [1.165, 1.54) is 6.20 Å². The third-order valence-electron chi connectivity index (χ3n) is 4.93. The van der Waals surface area contributed by atoms with Crippen LogP contribution in [-0.2, 0) is 20.9 Å². The molecule has 7 heteroatoms. The van der Waals surface area contributed by atoms with E-state index in [2.05, 4.69) is 15.3 Å². The Labute approximate surface area is 175 Å². The molecule has 7 nitrogen and oxygen atoms in total. The molecule has 1 amide bonds. The summed E-state index contributed by atoms with van der Waals surface area (Å²) in [5, 5.41) is 2.98. The first-order valence-electron chi connectivity index (χ1n) is 9.85. The first-order chi connectivity index (χ1) is 14.7. The van der Waals surface area contributed by atoms with Crippen LogP contribution in [0.15, 0.2) is 73.2 Å². The van der Waals surface area contributed by atoms with Gasteiger partial charge in [-0.1, -0.05) is 36.4 Å². The smallest absolute Gasteiger partial charge is 0.256 e. The molecular formula is C23H23N3O4. The first-order valence-corrected chi connectivity index (χ1v) is 9.85. The Kier molecular flexibility index (Phi) is 6.32. The lowest BCUT2D eigenvalue weighted by molar-refractivity contribution is -0.158. The van der Waals surface area contributed by atoms with Crippen molar-refractivity contribution in [1.82, 2.24) is 9.97 Å². The van der Waals surface area contributed by atoms with Crippen LogP contribution in [0.3, 0.4) is 0 Å². The quantitative estimate of drug-likeness (QED) is 0.640. The Balaban J connectivity index is 1.46. The van der Waals surface area contributed by atoms with E-state index >= 15 is 0 Å². The normalized spacial score (nSPS) is 15.3. The number of benzene rings is 2. The fraction of sp³-hybridized carbons (Fsp3) is 0.261. The molecule has 1 saturated heterocycles. The van der Waals surface area contributed by atoms with Crippen molar-refractivity contribution in [2.75, 3.05) is 18.5 Å². The number of carbonyl (C=O) groups is 1. The topological polar surface area (TPSA) is 82.6 Å². The highest BCUT2D eigenvalue weighted by Gasteiger charge is 2.41. The molecule has 2 aromatic carbocycles. The van der Waals surface area contributed by atoms with Gasteiger partial charge >= 0.3 is 0 Å². The maximum atomic E-state index is 13.2. The summed E-state index contributed by atoms with van der Waals surface area (Å²) in [6.07, 6.45) is 5.66. The number of hydrogen-bond acceptors (Lipinski definition) is 6. The van der Waals surface area contributed by atoms with Crippen molar-refractivity contribution in [2.24, 2.45) is 0 Å². The van der Waals surface area contributed by atoms with Gasteiger partial charge in [-0.05, 0) is 17.7 Å². The largest absolute Gasteiger partial charge is 0.437 e. The van der Waals surface area contributed by atoms with Crippen LogP contribution in [0.25, 0.3) is 0 Å². The molecule has 0 unspecified atom stereocenters. The van der Waals surface area contributed by atoms with Crippen molar-refractivity contribution in [3.8, 4) is 11.6 Å². The van der Waals surface area contributed by atoms with Crippen molar-refractivity contribution in [3.63, 3.8) is 0 Å². The fourth-order valence-electron chi connectivity index (χ4n) is 3.28. The second-order valence-corrected chi connectivity index (χ2v) is 7.01. The Hall–Kier alpha value is -3.29. The third kappa shape index (κ3) is 5.00. The van der Waals surface area contributed by atoms with Crippen LogP contribution < -0.4 is 10.1 Å². The summed E-state index contributed by atoms with van der Waals surface area (Å²) in [4.78, 5) is 21.3. The number of aromatic nitrogens is 2. The molecule has 1 aromatic heterocycles. The summed E-state index contributed by atoms with van der Waals surface area (Å²) in [7, 11) is 0. The lowest BCUT2D eigenvalue weighted by Gasteiger charge is -2.35. The van der Waals surface area contributed by atoms with E-state index in [0.29, 0.717) is 50.0 Å². The lowest BCUT2D eigenvalue weighted by Crippen LogP contribution is -2.49. The van der Waals surface area contributed by atoms with Gasteiger partial charge in [0.2, 0.25) is 5.88 Å². The summed E-state index contributed by atoms with van der Waals surface area (Å²) < 4.78 is 17.3. The molecule has 0 aliphatic carbocycles. The van der Waals surface area contributed by atoms with Crippen molar-refractivity contribution >= 4 is 11.6 Å². The van der Waals surface area contributed by atoms with Crippen molar-refractivity contribution < 1.29 is 19.0 Å². The Morgan fingerprint density at radius 1 is 1.07 bits per heavy atom. The van der Waals surface area contributed by atoms with E-state index < -0.39 is 5.60 Å². The molecule has 1 aliphatic heterocycles. The predicted octanol–water partition coefficient (Wildman–Crippen LogP) is 3.97. The summed E-state index contributed by atoms with van der Waals surface area (Å²) in [5.74, 6) is 0.756. The van der Waals surface area contributed by atoms with E-state index in [-0.39, 0.29) is 5.91 Å². The minimum absolute atomic E-state index is 0.182. The molecule has 30 heavy (non-hydrogen) atoms. The highest BCUT2D eigenvalue weighted by molar-refractivity contribution is 5.97. The van der Waals surface area contributed by atoms with Gasteiger partial charge < -0.3 is 19.5 Å². The zero-order valence-corrected chi connectivity index (χ0v) is 16.5. The SMILES string of the molecule is O=C(Nc1cccc(Oc2cnccn2)c1)C1(OCc2ccccc2)CCOCC1. The molecule has 1 fully saturated rings. The van der Waals surface area contributed by atoms with E-state index in [1.54, 1.807) is 24.5 Å². The van der Waals surface area contributed by atoms with Gasteiger partial charge in [0.25, 0.3) is 5.91 Å². The van der Waals surface area contributed by atoms with Crippen LogP contribution in [0.4, 0.5) is 5.69 Å². The van der Waals surface area contributed by atoms with Gasteiger partial charge in [0.05, 0.1) is 12.8 Å². The standard InChI is InChI=1S/C23H23N3O4/c27-22(23(9-13-28-14-10-23)29-17-18-5-2-1-3-6-18)26-19-7-4-8-20(15-19)30-21-16-24-11-12-25-21/h1-8,11-12,15-16H,9-10,13-14,17H2,(H,26,27). The Bertz CT molecular complexity index is 960. The summed E-state index contributed by atoms with van der Waals surface area (Å²) in [6.45, 7) is 1.33. The lowest BCUT2D eigenvalue weighted by atomic mass is 9.92. The number of ether oxygens (including phenoxy) is 3. The minimum atomic E-state index is -0.935. The number of hydrogen-bond donors (Lipinski definition) is 1. The van der Waals surface area contributed by atoms with E-state index in [0.717, 1.165) is 5.56 Å². The molecule has 2 heterocycles. The molecule has 0 spiro atoms. The van der Waals surface area contributed by atoms with Gasteiger partial charge in [-0.3, -0.25) is 9.78 Å². The van der Waals surface area contributed by atoms with Gasteiger partial charge in [0.1, 0.15) is 5.75 Å². The van der Waals surface area contributed by atoms with E-state index in [1.807, 2.05) is 42.5 Å². The Morgan fingerprint density at radius 3 is 2.67 bits per heavy atom. The van der Waals surface area contributed by atoms with Gasteiger partial charge in [0, 0.05) is 50.2 Å².